The zero-order valence-corrected chi connectivity index (χ0v) is 11.7. The standard InChI is InChI=1S/C12H12FN3O4S/c13-11-5-4-9(16(17)18)7-12(11)21(19,20)15-6-2-1-3-10(15)8-14/h4-5,7,10H,1-3,6H2. The summed E-state index contributed by atoms with van der Waals surface area (Å²) in [6.07, 6.45) is 1.64. The average Bonchev–Trinajstić information content (AvgIpc) is 2.47. The van der Waals surface area contributed by atoms with Gasteiger partial charge in [-0.05, 0) is 25.3 Å². The van der Waals surface area contributed by atoms with Crippen LogP contribution in [0.25, 0.3) is 0 Å². The lowest BCUT2D eigenvalue weighted by Gasteiger charge is -2.30. The molecular formula is C12H12FN3O4S. The van der Waals surface area contributed by atoms with E-state index in [1.807, 2.05) is 6.07 Å². The third-order valence-corrected chi connectivity index (χ3v) is 5.24. The summed E-state index contributed by atoms with van der Waals surface area (Å²) in [4.78, 5) is 9.15. The first-order chi connectivity index (χ1) is 9.87. The van der Waals surface area contributed by atoms with Crippen molar-refractivity contribution < 1.29 is 17.7 Å². The van der Waals surface area contributed by atoms with Gasteiger partial charge in [-0.15, -0.1) is 0 Å². The average molecular weight is 313 g/mol. The van der Waals surface area contributed by atoms with Gasteiger partial charge < -0.3 is 0 Å². The van der Waals surface area contributed by atoms with Gasteiger partial charge >= 0.3 is 0 Å². The molecule has 1 fully saturated rings. The number of nitriles is 1. The molecule has 0 amide bonds. The minimum absolute atomic E-state index is 0.0999. The summed E-state index contributed by atoms with van der Waals surface area (Å²) in [5.74, 6) is -1.07. The van der Waals surface area contributed by atoms with Crippen LogP contribution in [0.2, 0.25) is 0 Å². The molecule has 0 aliphatic carbocycles. The largest absolute Gasteiger partial charge is 0.270 e. The van der Waals surface area contributed by atoms with Crippen molar-refractivity contribution in [2.24, 2.45) is 0 Å². The highest BCUT2D eigenvalue weighted by Crippen LogP contribution is 2.28. The molecule has 0 radical (unpaired) electrons. The van der Waals surface area contributed by atoms with Crippen molar-refractivity contribution in [1.29, 1.82) is 5.26 Å². The van der Waals surface area contributed by atoms with E-state index in [0.29, 0.717) is 25.3 Å². The first-order valence-electron chi connectivity index (χ1n) is 6.23. The summed E-state index contributed by atoms with van der Waals surface area (Å²) in [5, 5.41) is 19.7. The van der Waals surface area contributed by atoms with Crippen molar-refractivity contribution in [3.63, 3.8) is 0 Å². The first-order valence-corrected chi connectivity index (χ1v) is 7.67. The number of sulfonamides is 1. The summed E-state index contributed by atoms with van der Waals surface area (Å²) < 4.78 is 39.6. The molecule has 0 bridgehead atoms. The lowest BCUT2D eigenvalue weighted by molar-refractivity contribution is -0.385. The second kappa shape index (κ2) is 5.75. The molecule has 1 aromatic carbocycles. The second-order valence-corrected chi connectivity index (χ2v) is 6.49. The van der Waals surface area contributed by atoms with Crippen LogP contribution in [0.3, 0.4) is 0 Å². The Bertz CT molecular complexity index is 714. The van der Waals surface area contributed by atoms with Gasteiger partial charge in [0.05, 0.1) is 11.0 Å². The van der Waals surface area contributed by atoms with Crippen molar-refractivity contribution in [3.8, 4) is 6.07 Å². The molecule has 1 saturated heterocycles. The highest BCUT2D eigenvalue weighted by molar-refractivity contribution is 7.89. The summed E-state index contributed by atoms with van der Waals surface area (Å²) >= 11 is 0. The van der Waals surface area contributed by atoms with Crippen LogP contribution >= 0.6 is 0 Å². The zero-order valence-electron chi connectivity index (χ0n) is 10.9. The van der Waals surface area contributed by atoms with Gasteiger partial charge in [-0.25, -0.2) is 12.8 Å². The van der Waals surface area contributed by atoms with Crippen molar-refractivity contribution in [2.75, 3.05) is 6.54 Å². The third kappa shape index (κ3) is 2.86. The van der Waals surface area contributed by atoms with E-state index in [-0.39, 0.29) is 6.54 Å². The maximum Gasteiger partial charge on any atom is 0.270 e. The van der Waals surface area contributed by atoms with Gasteiger partial charge in [-0.3, -0.25) is 10.1 Å². The van der Waals surface area contributed by atoms with E-state index in [2.05, 4.69) is 0 Å². The van der Waals surface area contributed by atoms with Crippen LogP contribution in [0.1, 0.15) is 19.3 Å². The topological polar surface area (TPSA) is 104 Å². The first kappa shape index (κ1) is 15.3. The van der Waals surface area contributed by atoms with Crippen molar-refractivity contribution in [1.82, 2.24) is 4.31 Å². The molecule has 1 aliphatic rings. The molecule has 1 aromatic rings. The molecule has 0 spiro atoms. The number of benzene rings is 1. The number of nitro benzene ring substituents is 1. The molecular weight excluding hydrogens is 301 g/mol. The fourth-order valence-electron chi connectivity index (χ4n) is 2.25. The summed E-state index contributed by atoms with van der Waals surface area (Å²) in [5.41, 5.74) is -0.513. The van der Waals surface area contributed by atoms with Gasteiger partial charge in [0.2, 0.25) is 10.0 Å². The van der Waals surface area contributed by atoms with Crippen molar-refractivity contribution >= 4 is 15.7 Å². The Morgan fingerprint density at radius 1 is 1.43 bits per heavy atom. The van der Waals surface area contributed by atoms with Gasteiger partial charge in [0, 0.05) is 18.7 Å². The predicted molar refractivity (Wildman–Crippen MR) is 70.2 cm³/mol. The number of hydrogen-bond acceptors (Lipinski definition) is 5. The molecule has 0 aromatic heterocycles. The molecule has 21 heavy (non-hydrogen) atoms. The normalized spacial score (nSPS) is 19.9. The summed E-state index contributed by atoms with van der Waals surface area (Å²) in [7, 11) is -4.28. The van der Waals surface area contributed by atoms with E-state index in [9.17, 15) is 22.9 Å². The van der Waals surface area contributed by atoms with Gasteiger partial charge in [0.1, 0.15) is 16.8 Å². The van der Waals surface area contributed by atoms with E-state index in [4.69, 9.17) is 5.26 Å². The Hall–Kier alpha value is -2.05. The molecule has 9 heteroatoms. The Morgan fingerprint density at radius 3 is 2.76 bits per heavy atom. The maximum absolute atomic E-state index is 13.8. The van der Waals surface area contributed by atoms with E-state index in [1.54, 1.807) is 0 Å². The van der Waals surface area contributed by atoms with Crippen molar-refractivity contribution in [3.05, 3.63) is 34.1 Å². The highest BCUT2D eigenvalue weighted by atomic mass is 32.2. The van der Waals surface area contributed by atoms with Crippen LogP contribution in [-0.2, 0) is 10.0 Å². The van der Waals surface area contributed by atoms with Crippen LogP contribution in [0.5, 0.6) is 0 Å². The van der Waals surface area contributed by atoms with E-state index in [1.165, 1.54) is 0 Å². The number of non-ortho nitro benzene ring substituents is 1. The van der Waals surface area contributed by atoms with Crippen LogP contribution in [0, 0.1) is 27.3 Å². The fraction of sp³-hybridized carbons (Fsp3) is 0.417. The molecule has 1 atom stereocenters. The maximum atomic E-state index is 13.8. The SMILES string of the molecule is N#CC1CCCCN1S(=O)(=O)c1cc([N+](=O)[O-])ccc1F. The smallest absolute Gasteiger partial charge is 0.258 e. The monoisotopic (exact) mass is 313 g/mol. The van der Waals surface area contributed by atoms with Crippen LogP contribution in [0.4, 0.5) is 10.1 Å². The summed E-state index contributed by atoms with van der Waals surface area (Å²) in [6, 6.07) is 3.33. The zero-order chi connectivity index (χ0) is 15.6. The quantitative estimate of drug-likeness (QED) is 0.625. The van der Waals surface area contributed by atoms with Crippen LogP contribution in [-0.4, -0.2) is 30.2 Å². The van der Waals surface area contributed by atoms with Gasteiger partial charge in [0.15, 0.2) is 0 Å². The number of hydrogen-bond donors (Lipinski definition) is 0. The highest BCUT2D eigenvalue weighted by Gasteiger charge is 2.36. The lowest BCUT2D eigenvalue weighted by Crippen LogP contribution is -2.43. The van der Waals surface area contributed by atoms with Crippen LogP contribution < -0.4 is 0 Å². The van der Waals surface area contributed by atoms with E-state index in [0.717, 1.165) is 16.4 Å². The van der Waals surface area contributed by atoms with Crippen LogP contribution in [0.15, 0.2) is 23.1 Å². The minimum Gasteiger partial charge on any atom is -0.258 e. The Morgan fingerprint density at radius 2 is 2.14 bits per heavy atom. The number of nitro groups is 1. The fourth-order valence-corrected chi connectivity index (χ4v) is 3.95. The van der Waals surface area contributed by atoms with Crippen molar-refractivity contribution in [2.45, 2.75) is 30.2 Å². The number of nitrogens with zero attached hydrogens (tertiary/aromatic N) is 3. The molecule has 1 aliphatic heterocycles. The molecule has 2 rings (SSSR count). The van der Waals surface area contributed by atoms with Gasteiger partial charge in [-0.2, -0.15) is 9.57 Å². The predicted octanol–water partition coefficient (Wildman–Crippen LogP) is 1.80. The molecule has 112 valence electrons. The van der Waals surface area contributed by atoms with Gasteiger partial charge in [0.25, 0.3) is 5.69 Å². The molecule has 1 heterocycles. The minimum atomic E-state index is -4.28. The molecule has 7 nitrogen and oxygen atoms in total. The van der Waals surface area contributed by atoms with E-state index >= 15 is 0 Å². The molecule has 0 saturated carbocycles. The second-order valence-electron chi connectivity index (χ2n) is 4.63. The Kier molecular flexibility index (Phi) is 4.20. The third-order valence-electron chi connectivity index (χ3n) is 3.31. The lowest BCUT2D eigenvalue weighted by atomic mass is 10.1. The number of rotatable bonds is 3. The molecule has 0 N–H and O–H groups in total. The van der Waals surface area contributed by atoms with Gasteiger partial charge in [-0.1, -0.05) is 0 Å². The Labute approximate surface area is 120 Å². The van der Waals surface area contributed by atoms with E-state index < -0.39 is 37.4 Å². The summed E-state index contributed by atoms with van der Waals surface area (Å²) in [6.45, 7) is 0.0999. The number of halogens is 1. The number of piperidine rings is 1. The molecule has 1 unspecified atom stereocenters. The Balaban J connectivity index is 2.51.